The van der Waals surface area contributed by atoms with E-state index in [1.165, 1.54) is 24.0 Å². The van der Waals surface area contributed by atoms with Crippen molar-refractivity contribution < 1.29 is 5.11 Å². The van der Waals surface area contributed by atoms with Crippen molar-refractivity contribution in [1.82, 2.24) is 0 Å². The Morgan fingerprint density at radius 2 is 1.62 bits per heavy atom. The summed E-state index contributed by atoms with van der Waals surface area (Å²) in [4.78, 5) is 4.84. The van der Waals surface area contributed by atoms with Crippen LogP contribution in [0.4, 0.5) is 0 Å². The Morgan fingerprint density at radius 3 is 2.23 bits per heavy atom. The van der Waals surface area contributed by atoms with Gasteiger partial charge in [0.25, 0.3) is 0 Å². The molecule has 0 amide bonds. The summed E-state index contributed by atoms with van der Waals surface area (Å²) in [6, 6.07) is 15.1. The normalized spacial score (nSPS) is 21.2. The van der Waals surface area contributed by atoms with Crippen LogP contribution >= 0.6 is 0 Å². The monoisotopic (exact) mass is 365 g/mol. The largest absolute Gasteiger partial charge is 0.507 e. The molecule has 3 heteroatoms. The van der Waals surface area contributed by atoms with E-state index < -0.39 is 8.07 Å². The van der Waals surface area contributed by atoms with Crippen LogP contribution in [0.3, 0.4) is 0 Å². The molecule has 1 aliphatic carbocycles. The molecule has 0 heterocycles. The predicted octanol–water partition coefficient (Wildman–Crippen LogP) is 5.60. The van der Waals surface area contributed by atoms with E-state index in [1.54, 1.807) is 0 Å². The third kappa shape index (κ3) is 4.45. The molecule has 1 fully saturated rings. The molecule has 0 spiro atoms. The van der Waals surface area contributed by atoms with Crippen LogP contribution in [0.5, 0.6) is 5.75 Å². The van der Waals surface area contributed by atoms with Gasteiger partial charge in [0.2, 0.25) is 0 Å². The number of phenolic OH excluding ortho intramolecular Hbond substituents is 1. The zero-order valence-corrected chi connectivity index (χ0v) is 17.5. The number of rotatable bonds is 4. The molecule has 0 unspecified atom stereocenters. The maximum absolute atomic E-state index is 10.9. The predicted molar refractivity (Wildman–Crippen MR) is 116 cm³/mol. The minimum absolute atomic E-state index is 0.404. The Balaban J connectivity index is 1.98. The van der Waals surface area contributed by atoms with Gasteiger partial charge in [-0.25, -0.2) is 0 Å². The lowest BCUT2D eigenvalue weighted by Gasteiger charge is -2.23. The smallest absolute Gasteiger partial charge is 0.123 e. The number of benzene rings is 2. The van der Waals surface area contributed by atoms with Gasteiger partial charge in [0, 0.05) is 17.8 Å². The van der Waals surface area contributed by atoms with Crippen molar-refractivity contribution in [3.05, 3.63) is 48.0 Å². The minimum atomic E-state index is -1.66. The van der Waals surface area contributed by atoms with E-state index in [0.29, 0.717) is 11.8 Å². The number of hydrogen-bond donors (Lipinski definition) is 1. The van der Waals surface area contributed by atoms with Gasteiger partial charge < -0.3 is 5.11 Å². The highest BCUT2D eigenvalue weighted by molar-refractivity contribution is 6.89. The van der Waals surface area contributed by atoms with Crippen molar-refractivity contribution in [1.29, 1.82) is 0 Å². The molecule has 0 saturated heterocycles. The van der Waals surface area contributed by atoms with E-state index in [1.807, 2.05) is 12.3 Å². The number of phenols is 1. The minimum Gasteiger partial charge on any atom is -0.507 e. The zero-order chi connectivity index (χ0) is 18.7. The summed E-state index contributed by atoms with van der Waals surface area (Å²) >= 11 is 0. The average molecular weight is 366 g/mol. The molecule has 0 bridgehead atoms. The summed E-state index contributed by atoms with van der Waals surface area (Å²) in [5.74, 6) is 1.26. The molecule has 3 rings (SSSR count). The van der Waals surface area contributed by atoms with Crippen LogP contribution in [-0.4, -0.2) is 25.4 Å². The third-order valence-corrected chi connectivity index (χ3v) is 7.46. The second-order valence-corrected chi connectivity index (χ2v) is 13.8. The first-order valence-electron chi connectivity index (χ1n) is 9.80. The standard InChI is InChI=1S/C23H31NOSi/c1-17-10-12-21(13-11-17)24-16-20-14-19(18-8-6-5-7-9-18)15-22(23(20)25)26(2,3)4/h5-9,14-17,21,25H,10-13H2,1-4H3. The summed E-state index contributed by atoms with van der Waals surface area (Å²) in [7, 11) is -1.66. The molecule has 2 nitrogen and oxygen atoms in total. The molecule has 2 aromatic rings. The van der Waals surface area contributed by atoms with Crippen molar-refractivity contribution in [3.63, 3.8) is 0 Å². The molecule has 0 atom stereocenters. The molecular weight excluding hydrogens is 334 g/mol. The lowest BCUT2D eigenvalue weighted by atomic mass is 9.88. The highest BCUT2D eigenvalue weighted by Crippen LogP contribution is 2.28. The van der Waals surface area contributed by atoms with Gasteiger partial charge in [0.15, 0.2) is 0 Å². The fourth-order valence-corrected chi connectivity index (χ4v) is 5.14. The maximum atomic E-state index is 10.9. The van der Waals surface area contributed by atoms with Gasteiger partial charge in [0.1, 0.15) is 5.75 Å². The summed E-state index contributed by atoms with van der Waals surface area (Å²) in [5, 5.41) is 12.0. The maximum Gasteiger partial charge on any atom is 0.123 e. The van der Waals surface area contributed by atoms with E-state index in [0.717, 1.165) is 29.5 Å². The first-order valence-corrected chi connectivity index (χ1v) is 13.3. The fourth-order valence-electron chi connectivity index (χ4n) is 3.70. The Labute approximate surface area is 159 Å². The second-order valence-electron chi connectivity index (χ2n) is 8.77. The molecule has 0 aliphatic heterocycles. The molecule has 0 aromatic heterocycles. The number of nitrogens with zero attached hydrogens (tertiary/aromatic N) is 1. The van der Waals surface area contributed by atoms with Crippen LogP contribution in [0.25, 0.3) is 11.1 Å². The van der Waals surface area contributed by atoms with Crippen LogP contribution < -0.4 is 5.19 Å². The molecule has 138 valence electrons. The fraction of sp³-hybridized carbons (Fsp3) is 0.435. The van der Waals surface area contributed by atoms with Gasteiger partial charge >= 0.3 is 0 Å². The molecule has 1 aliphatic rings. The number of aliphatic imine (C=N–C) groups is 1. The lowest BCUT2D eigenvalue weighted by Crippen LogP contribution is -2.38. The van der Waals surface area contributed by atoms with Crippen molar-refractivity contribution in [2.45, 2.75) is 58.3 Å². The van der Waals surface area contributed by atoms with Gasteiger partial charge in [-0.05, 0) is 54.0 Å². The Hall–Kier alpha value is -1.87. The topological polar surface area (TPSA) is 32.6 Å². The van der Waals surface area contributed by atoms with Gasteiger partial charge in [-0.1, -0.05) is 63.0 Å². The second kappa shape index (κ2) is 7.79. The number of hydrogen-bond acceptors (Lipinski definition) is 2. The molecule has 2 aromatic carbocycles. The molecular formula is C23H31NOSi. The van der Waals surface area contributed by atoms with Crippen LogP contribution in [0, 0.1) is 5.92 Å². The molecule has 1 N–H and O–H groups in total. The molecule has 26 heavy (non-hydrogen) atoms. The molecule has 0 radical (unpaired) electrons. The van der Waals surface area contributed by atoms with Crippen molar-refractivity contribution in [3.8, 4) is 16.9 Å². The van der Waals surface area contributed by atoms with E-state index in [2.05, 4.69) is 63.0 Å². The van der Waals surface area contributed by atoms with Gasteiger partial charge in [-0.3, -0.25) is 4.99 Å². The van der Waals surface area contributed by atoms with Crippen molar-refractivity contribution in [2.24, 2.45) is 10.9 Å². The average Bonchev–Trinajstić information content (AvgIpc) is 2.62. The summed E-state index contributed by atoms with van der Waals surface area (Å²) in [6.45, 7) is 9.16. The van der Waals surface area contributed by atoms with Crippen LogP contribution in [0.15, 0.2) is 47.5 Å². The summed E-state index contributed by atoms with van der Waals surface area (Å²) < 4.78 is 0. The van der Waals surface area contributed by atoms with Crippen LogP contribution in [0.2, 0.25) is 19.6 Å². The molecule has 1 saturated carbocycles. The summed E-state index contributed by atoms with van der Waals surface area (Å²) in [6.07, 6.45) is 6.78. The number of aromatic hydroxyl groups is 1. The quantitative estimate of drug-likeness (QED) is 0.555. The first-order chi connectivity index (χ1) is 12.3. The van der Waals surface area contributed by atoms with Crippen molar-refractivity contribution >= 4 is 19.5 Å². The van der Waals surface area contributed by atoms with Gasteiger partial charge in [-0.15, -0.1) is 0 Å². The van der Waals surface area contributed by atoms with Crippen molar-refractivity contribution in [2.75, 3.05) is 0 Å². The summed E-state index contributed by atoms with van der Waals surface area (Å²) in [5.41, 5.74) is 3.22. The van der Waals surface area contributed by atoms with Gasteiger partial charge in [0.05, 0.1) is 8.07 Å². The van der Waals surface area contributed by atoms with E-state index >= 15 is 0 Å². The van der Waals surface area contributed by atoms with Gasteiger partial charge in [-0.2, -0.15) is 0 Å². The van der Waals surface area contributed by atoms with E-state index in [9.17, 15) is 5.11 Å². The highest BCUT2D eigenvalue weighted by atomic mass is 28.3. The van der Waals surface area contributed by atoms with Crippen LogP contribution in [0.1, 0.15) is 38.2 Å². The zero-order valence-electron chi connectivity index (χ0n) is 16.5. The SMILES string of the molecule is CC1CCC(N=Cc2cc(-c3ccccc3)cc([Si](C)(C)C)c2O)CC1. The van der Waals surface area contributed by atoms with Crippen LogP contribution in [-0.2, 0) is 0 Å². The van der Waals surface area contributed by atoms with E-state index in [-0.39, 0.29) is 0 Å². The Morgan fingerprint density at radius 1 is 0.962 bits per heavy atom. The Kier molecular flexibility index (Phi) is 5.66. The lowest BCUT2D eigenvalue weighted by molar-refractivity contribution is 0.350. The first kappa shape index (κ1) is 18.9. The van der Waals surface area contributed by atoms with E-state index in [4.69, 9.17) is 4.99 Å². The Bertz CT molecular complexity index is 769. The third-order valence-electron chi connectivity index (χ3n) is 5.46. The highest BCUT2D eigenvalue weighted by Gasteiger charge is 2.23.